The molecular formula is C12H16ClN3. The molecule has 86 valence electrons. The number of rotatable bonds is 4. The van der Waals surface area contributed by atoms with Crippen molar-refractivity contribution >= 4 is 17.3 Å². The summed E-state index contributed by atoms with van der Waals surface area (Å²) in [6.07, 6.45) is 0. The molecule has 0 aliphatic rings. The molecule has 0 saturated carbocycles. The first-order chi connectivity index (χ1) is 7.54. The van der Waals surface area contributed by atoms with Gasteiger partial charge in [0.15, 0.2) is 0 Å². The van der Waals surface area contributed by atoms with Crippen molar-refractivity contribution < 1.29 is 0 Å². The maximum Gasteiger partial charge on any atom is 0.0992 e. The molecule has 0 heterocycles. The molecule has 1 N–H and O–H groups in total. The van der Waals surface area contributed by atoms with E-state index in [9.17, 15) is 0 Å². The van der Waals surface area contributed by atoms with E-state index in [0.29, 0.717) is 16.6 Å². The van der Waals surface area contributed by atoms with Crippen molar-refractivity contribution in [3.63, 3.8) is 0 Å². The van der Waals surface area contributed by atoms with Crippen molar-refractivity contribution in [2.24, 2.45) is 0 Å². The van der Waals surface area contributed by atoms with Crippen LogP contribution in [-0.2, 0) is 0 Å². The maximum atomic E-state index is 8.71. The average Bonchev–Trinajstić information content (AvgIpc) is 2.26. The van der Waals surface area contributed by atoms with E-state index in [1.54, 1.807) is 12.1 Å². The first-order valence-electron chi connectivity index (χ1n) is 5.14. The Balaban J connectivity index is 2.65. The van der Waals surface area contributed by atoms with Crippen LogP contribution < -0.4 is 5.32 Å². The Morgan fingerprint density at radius 3 is 2.69 bits per heavy atom. The molecule has 0 bridgehead atoms. The van der Waals surface area contributed by atoms with Gasteiger partial charge in [0, 0.05) is 12.6 Å². The second kappa shape index (κ2) is 5.74. The third kappa shape index (κ3) is 3.41. The highest BCUT2D eigenvalue weighted by atomic mass is 35.5. The summed E-state index contributed by atoms with van der Waals surface area (Å²) < 4.78 is 0. The summed E-state index contributed by atoms with van der Waals surface area (Å²) in [5.41, 5.74) is 1.45. The third-order valence-corrected chi connectivity index (χ3v) is 2.88. The van der Waals surface area contributed by atoms with E-state index in [1.807, 2.05) is 20.2 Å². The number of nitrogens with one attached hydrogen (secondary N) is 1. The lowest BCUT2D eigenvalue weighted by Crippen LogP contribution is -2.31. The summed E-state index contributed by atoms with van der Waals surface area (Å²) in [6, 6.07) is 7.75. The molecule has 0 radical (unpaired) electrons. The highest BCUT2D eigenvalue weighted by molar-refractivity contribution is 6.33. The lowest BCUT2D eigenvalue weighted by Gasteiger charge is -2.21. The molecule has 0 aromatic heterocycles. The van der Waals surface area contributed by atoms with Crippen LogP contribution in [0.2, 0.25) is 5.02 Å². The van der Waals surface area contributed by atoms with Gasteiger partial charge in [-0.05, 0) is 39.2 Å². The Kier molecular flexibility index (Phi) is 4.60. The van der Waals surface area contributed by atoms with Gasteiger partial charge in [-0.25, -0.2) is 0 Å². The quantitative estimate of drug-likeness (QED) is 0.875. The van der Waals surface area contributed by atoms with E-state index in [-0.39, 0.29) is 0 Å². The third-order valence-electron chi connectivity index (χ3n) is 2.57. The Labute approximate surface area is 102 Å². The van der Waals surface area contributed by atoms with Gasteiger partial charge in [-0.2, -0.15) is 5.26 Å². The molecule has 0 spiro atoms. The van der Waals surface area contributed by atoms with Crippen LogP contribution in [0.15, 0.2) is 18.2 Å². The van der Waals surface area contributed by atoms with Crippen LogP contribution >= 0.6 is 11.6 Å². The fraction of sp³-hybridized carbons (Fsp3) is 0.417. The van der Waals surface area contributed by atoms with E-state index in [4.69, 9.17) is 16.9 Å². The molecule has 0 fully saturated rings. The van der Waals surface area contributed by atoms with Gasteiger partial charge < -0.3 is 10.2 Å². The van der Waals surface area contributed by atoms with Gasteiger partial charge in [-0.3, -0.25) is 0 Å². The molecule has 1 atom stereocenters. The van der Waals surface area contributed by atoms with Crippen LogP contribution in [0.5, 0.6) is 0 Å². The molecule has 0 aliphatic carbocycles. The second-order valence-corrected chi connectivity index (χ2v) is 4.41. The summed E-state index contributed by atoms with van der Waals surface area (Å²) >= 11 is 6.04. The number of hydrogen-bond donors (Lipinski definition) is 1. The van der Waals surface area contributed by atoms with E-state index >= 15 is 0 Å². The van der Waals surface area contributed by atoms with Gasteiger partial charge in [0.25, 0.3) is 0 Å². The van der Waals surface area contributed by atoms with Crippen molar-refractivity contribution in [3.8, 4) is 6.07 Å². The zero-order chi connectivity index (χ0) is 12.1. The summed E-state index contributed by atoms with van der Waals surface area (Å²) in [5.74, 6) is 0. The molecule has 0 aliphatic heterocycles. The first-order valence-corrected chi connectivity index (χ1v) is 5.52. The van der Waals surface area contributed by atoms with Crippen LogP contribution in [0.3, 0.4) is 0 Å². The van der Waals surface area contributed by atoms with Gasteiger partial charge >= 0.3 is 0 Å². The normalized spacial score (nSPS) is 12.2. The summed E-state index contributed by atoms with van der Waals surface area (Å²) in [4.78, 5) is 2.13. The van der Waals surface area contributed by atoms with E-state index in [0.717, 1.165) is 12.2 Å². The summed E-state index contributed by atoms with van der Waals surface area (Å²) in [5, 5.41) is 12.6. The lowest BCUT2D eigenvalue weighted by molar-refractivity contribution is 0.326. The Hall–Kier alpha value is -1.24. The monoisotopic (exact) mass is 237 g/mol. The Morgan fingerprint density at radius 1 is 1.50 bits per heavy atom. The number of halogens is 1. The molecule has 1 rings (SSSR count). The summed E-state index contributed by atoms with van der Waals surface area (Å²) in [7, 11) is 4.07. The zero-order valence-corrected chi connectivity index (χ0v) is 10.5. The van der Waals surface area contributed by atoms with Crippen molar-refractivity contribution in [3.05, 3.63) is 28.8 Å². The molecular weight excluding hydrogens is 222 g/mol. The predicted molar refractivity (Wildman–Crippen MR) is 67.8 cm³/mol. The average molecular weight is 238 g/mol. The molecule has 3 nitrogen and oxygen atoms in total. The fourth-order valence-electron chi connectivity index (χ4n) is 1.17. The van der Waals surface area contributed by atoms with E-state index in [1.165, 1.54) is 0 Å². The second-order valence-electron chi connectivity index (χ2n) is 4.00. The number of likely N-dealkylation sites (N-methyl/N-ethyl adjacent to an activating group) is 1. The van der Waals surface area contributed by atoms with Gasteiger partial charge in [-0.1, -0.05) is 11.6 Å². The number of anilines is 1. The van der Waals surface area contributed by atoms with Gasteiger partial charge in [0.05, 0.1) is 22.3 Å². The molecule has 4 heteroatoms. The highest BCUT2D eigenvalue weighted by Gasteiger charge is 2.06. The largest absolute Gasteiger partial charge is 0.382 e. The number of benzene rings is 1. The minimum absolute atomic E-state index is 0.423. The minimum atomic E-state index is 0.423. The van der Waals surface area contributed by atoms with Crippen molar-refractivity contribution in [1.82, 2.24) is 4.90 Å². The van der Waals surface area contributed by atoms with Crippen LogP contribution in [0.4, 0.5) is 5.69 Å². The highest BCUT2D eigenvalue weighted by Crippen LogP contribution is 2.22. The lowest BCUT2D eigenvalue weighted by atomic mass is 10.2. The number of hydrogen-bond acceptors (Lipinski definition) is 3. The van der Waals surface area contributed by atoms with Crippen molar-refractivity contribution in [2.75, 3.05) is 26.0 Å². The van der Waals surface area contributed by atoms with Crippen LogP contribution in [0, 0.1) is 11.3 Å². The van der Waals surface area contributed by atoms with Crippen molar-refractivity contribution in [2.45, 2.75) is 13.0 Å². The molecule has 1 aromatic rings. The predicted octanol–water partition coefficient (Wildman–Crippen LogP) is 2.57. The molecule has 0 saturated heterocycles. The van der Waals surface area contributed by atoms with Crippen LogP contribution in [-0.4, -0.2) is 31.6 Å². The standard InChI is InChI=1S/C12H16ClN3/c1-9(16(2)3)8-15-12-5-4-10(7-14)6-11(12)13/h4-6,9,15H,8H2,1-3H3. The fourth-order valence-corrected chi connectivity index (χ4v) is 1.42. The van der Waals surface area contributed by atoms with E-state index < -0.39 is 0 Å². The first kappa shape index (κ1) is 12.8. The number of nitriles is 1. The van der Waals surface area contributed by atoms with Gasteiger partial charge in [0.2, 0.25) is 0 Å². The summed E-state index contributed by atoms with van der Waals surface area (Å²) in [6.45, 7) is 2.95. The molecule has 1 unspecified atom stereocenters. The maximum absolute atomic E-state index is 8.71. The van der Waals surface area contributed by atoms with Crippen LogP contribution in [0.1, 0.15) is 12.5 Å². The Bertz CT molecular complexity index is 396. The van der Waals surface area contributed by atoms with Gasteiger partial charge in [0.1, 0.15) is 0 Å². The smallest absolute Gasteiger partial charge is 0.0992 e. The SMILES string of the molecule is CC(CNc1ccc(C#N)cc1Cl)N(C)C. The van der Waals surface area contributed by atoms with Gasteiger partial charge in [-0.15, -0.1) is 0 Å². The van der Waals surface area contributed by atoms with E-state index in [2.05, 4.69) is 23.2 Å². The molecule has 1 aromatic carbocycles. The van der Waals surface area contributed by atoms with Crippen LogP contribution in [0.25, 0.3) is 0 Å². The minimum Gasteiger partial charge on any atom is -0.382 e. The molecule has 16 heavy (non-hydrogen) atoms. The zero-order valence-electron chi connectivity index (χ0n) is 9.79. The topological polar surface area (TPSA) is 39.1 Å². The van der Waals surface area contributed by atoms with Crippen molar-refractivity contribution in [1.29, 1.82) is 5.26 Å². The molecule has 0 amide bonds. The Morgan fingerprint density at radius 2 is 2.19 bits per heavy atom. The number of nitrogens with zero attached hydrogens (tertiary/aromatic N) is 2.